The molecule has 0 aromatic heterocycles. The highest BCUT2D eigenvalue weighted by atomic mass is 16.5. The Hall–Kier alpha value is -2.37. The quantitative estimate of drug-likeness (QED) is 0.643. The summed E-state index contributed by atoms with van der Waals surface area (Å²) >= 11 is 0. The predicted molar refractivity (Wildman–Crippen MR) is 80.8 cm³/mol. The van der Waals surface area contributed by atoms with E-state index in [2.05, 4.69) is 5.32 Å². The lowest BCUT2D eigenvalue weighted by atomic mass is 10.0. The number of hydrogen-bond donors (Lipinski definition) is 1. The van der Waals surface area contributed by atoms with Crippen molar-refractivity contribution in [1.82, 2.24) is 10.2 Å². The summed E-state index contributed by atoms with van der Waals surface area (Å²) in [4.78, 5) is 37.5. The first-order valence-corrected chi connectivity index (χ1v) is 7.22. The van der Waals surface area contributed by atoms with Gasteiger partial charge in [-0.3, -0.25) is 14.5 Å². The molecular weight excluding hydrogens is 284 g/mol. The molecule has 118 valence electrons. The zero-order valence-electron chi connectivity index (χ0n) is 13.0. The number of urea groups is 1. The van der Waals surface area contributed by atoms with E-state index in [0.717, 1.165) is 4.90 Å². The standard InChI is InChI=1S/C16H20N2O4/c1-10(2)8-12-15(20)18(16(21)17-12)9-13(19)11-6-4-5-7-14(11)22-3/h4-7,10,12H,8-9H2,1-3H3,(H,17,21)/t12-/m1/s1. The lowest BCUT2D eigenvalue weighted by Gasteiger charge is -2.14. The number of Topliss-reactive ketones (excluding diaryl/α,β-unsaturated/α-hetero) is 1. The molecule has 0 bridgehead atoms. The second kappa shape index (κ2) is 6.60. The van der Waals surface area contributed by atoms with Crippen molar-refractivity contribution in [2.75, 3.05) is 13.7 Å². The lowest BCUT2D eigenvalue weighted by molar-refractivity contribution is -0.127. The van der Waals surface area contributed by atoms with Crippen LogP contribution in [0.25, 0.3) is 0 Å². The van der Waals surface area contributed by atoms with Crippen LogP contribution in [0, 0.1) is 5.92 Å². The second-order valence-corrected chi connectivity index (χ2v) is 5.68. The van der Waals surface area contributed by atoms with Gasteiger partial charge in [-0.05, 0) is 24.5 Å². The van der Waals surface area contributed by atoms with Gasteiger partial charge in [-0.2, -0.15) is 0 Å². The van der Waals surface area contributed by atoms with Crippen LogP contribution in [0.1, 0.15) is 30.6 Å². The van der Waals surface area contributed by atoms with Crippen molar-refractivity contribution < 1.29 is 19.1 Å². The molecule has 1 saturated heterocycles. The van der Waals surface area contributed by atoms with Crippen LogP contribution < -0.4 is 10.1 Å². The first kappa shape index (κ1) is 16.0. The average Bonchev–Trinajstić information content (AvgIpc) is 2.74. The molecule has 0 radical (unpaired) electrons. The summed E-state index contributed by atoms with van der Waals surface area (Å²) in [5.41, 5.74) is 0.359. The van der Waals surface area contributed by atoms with Gasteiger partial charge in [0.15, 0.2) is 5.78 Å². The van der Waals surface area contributed by atoms with Crippen LogP contribution in [0.3, 0.4) is 0 Å². The Morgan fingerprint density at radius 2 is 2.00 bits per heavy atom. The van der Waals surface area contributed by atoms with Crippen molar-refractivity contribution in [3.63, 3.8) is 0 Å². The van der Waals surface area contributed by atoms with E-state index in [9.17, 15) is 14.4 Å². The number of rotatable bonds is 6. The van der Waals surface area contributed by atoms with Gasteiger partial charge in [-0.1, -0.05) is 26.0 Å². The molecule has 6 heteroatoms. The fourth-order valence-corrected chi connectivity index (χ4v) is 2.46. The van der Waals surface area contributed by atoms with E-state index >= 15 is 0 Å². The first-order valence-electron chi connectivity index (χ1n) is 7.22. The van der Waals surface area contributed by atoms with Crippen LogP contribution in [0.15, 0.2) is 24.3 Å². The van der Waals surface area contributed by atoms with E-state index in [-0.39, 0.29) is 24.2 Å². The molecule has 22 heavy (non-hydrogen) atoms. The van der Waals surface area contributed by atoms with Gasteiger partial charge in [0.2, 0.25) is 0 Å². The van der Waals surface area contributed by atoms with E-state index in [1.165, 1.54) is 7.11 Å². The zero-order valence-corrected chi connectivity index (χ0v) is 13.0. The summed E-state index contributed by atoms with van der Waals surface area (Å²) in [7, 11) is 1.47. The van der Waals surface area contributed by atoms with Gasteiger partial charge in [0.25, 0.3) is 5.91 Å². The van der Waals surface area contributed by atoms with Crippen molar-refractivity contribution in [3.8, 4) is 5.75 Å². The Bertz CT molecular complexity index is 598. The molecule has 1 aromatic rings. The highest BCUT2D eigenvalue weighted by Gasteiger charge is 2.39. The number of hydrogen-bond acceptors (Lipinski definition) is 4. The maximum absolute atomic E-state index is 12.3. The van der Waals surface area contributed by atoms with E-state index in [1.807, 2.05) is 13.8 Å². The molecule has 0 unspecified atom stereocenters. The summed E-state index contributed by atoms with van der Waals surface area (Å²) in [5, 5.41) is 2.62. The molecular formula is C16H20N2O4. The van der Waals surface area contributed by atoms with Crippen molar-refractivity contribution in [3.05, 3.63) is 29.8 Å². The van der Waals surface area contributed by atoms with Crippen molar-refractivity contribution in [2.45, 2.75) is 26.3 Å². The van der Waals surface area contributed by atoms with Crippen LogP contribution >= 0.6 is 0 Å². The van der Waals surface area contributed by atoms with Gasteiger partial charge in [0.05, 0.1) is 19.2 Å². The maximum atomic E-state index is 12.3. The zero-order chi connectivity index (χ0) is 16.3. The highest BCUT2D eigenvalue weighted by Crippen LogP contribution is 2.20. The van der Waals surface area contributed by atoms with E-state index in [1.54, 1.807) is 24.3 Å². The monoisotopic (exact) mass is 304 g/mol. The third-order valence-corrected chi connectivity index (χ3v) is 3.52. The molecule has 1 atom stereocenters. The Kier molecular flexibility index (Phi) is 4.80. The molecule has 1 aromatic carbocycles. The predicted octanol–water partition coefficient (Wildman–Crippen LogP) is 1.84. The number of imide groups is 1. The molecule has 1 aliphatic rings. The normalized spacial score (nSPS) is 17.8. The Balaban J connectivity index is 2.11. The first-order chi connectivity index (χ1) is 10.4. The largest absolute Gasteiger partial charge is 0.496 e. The van der Waals surface area contributed by atoms with Gasteiger partial charge >= 0.3 is 6.03 Å². The molecule has 0 saturated carbocycles. The van der Waals surface area contributed by atoms with Gasteiger partial charge in [-0.25, -0.2) is 4.79 Å². The average molecular weight is 304 g/mol. The minimum absolute atomic E-state index is 0.277. The number of ether oxygens (including phenoxy) is 1. The van der Waals surface area contributed by atoms with E-state index in [0.29, 0.717) is 17.7 Å². The Morgan fingerprint density at radius 1 is 1.32 bits per heavy atom. The summed E-state index contributed by atoms with van der Waals surface area (Å²) < 4.78 is 5.13. The molecule has 1 fully saturated rings. The van der Waals surface area contributed by atoms with E-state index in [4.69, 9.17) is 4.74 Å². The SMILES string of the molecule is COc1ccccc1C(=O)CN1C(=O)N[C@H](CC(C)C)C1=O. The molecule has 3 amide bonds. The summed E-state index contributed by atoms with van der Waals surface area (Å²) in [6.45, 7) is 3.67. The van der Waals surface area contributed by atoms with Crippen LogP contribution in [0.5, 0.6) is 5.75 Å². The maximum Gasteiger partial charge on any atom is 0.325 e. The third-order valence-electron chi connectivity index (χ3n) is 3.52. The number of amides is 3. The highest BCUT2D eigenvalue weighted by molar-refractivity contribution is 6.09. The number of nitrogens with zero attached hydrogens (tertiary/aromatic N) is 1. The fourth-order valence-electron chi connectivity index (χ4n) is 2.46. The van der Waals surface area contributed by atoms with Gasteiger partial charge in [0, 0.05) is 0 Å². The lowest BCUT2D eigenvalue weighted by Crippen LogP contribution is -2.36. The van der Waals surface area contributed by atoms with Crippen LogP contribution in [0.2, 0.25) is 0 Å². The number of ketones is 1. The van der Waals surface area contributed by atoms with Gasteiger partial charge in [0.1, 0.15) is 11.8 Å². The van der Waals surface area contributed by atoms with Crippen molar-refractivity contribution in [1.29, 1.82) is 0 Å². The van der Waals surface area contributed by atoms with Gasteiger partial charge < -0.3 is 10.1 Å². The minimum Gasteiger partial charge on any atom is -0.496 e. The van der Waals surface area contributed by atoms with Crippen molar-refractivity contribution in [2.24, 2.45) is 5.92 Å². The molecule has 0 aliphatic carbocycles. The van der Waals surface area contributed by atoms with Crippen LogP contribution in [0.4, 0.5) is 4.79 Å². The van der Waals surface area contributed by atoms with Crippen LogP contribution in [-0.2, 0) is 4.79 Å². The van der Waals surface area contributed by atoms with Gasteiger partial charge in [-0.15, -0.1) is 0 Å². The molecule has 1 N–H and O–H groups in total. The Morgan fingerprint density at radius 3 is 2.64 bits per heavy atom. The minimum atomic E-state index is -0.544. The number of methoxy groups -OCH3 is 1. The smallest absolute Gasteiger partial charge is 0.325 e. The molecule has 1 aliphatic heterocycles. The number of benzene rings is 1. The number of para-hydroxylation sites is 1. The molecule has 1 heterocycles. The Labute approximate surface area is 129 Å². The number of carbonyl (C=O) groups excluding carboxylic acids is 3. The molecule has 6 nitrogen and oxygen atoms in total. The summed E-state index contributed by atoms with van der Waals surface area (Å²) in [6, 6.07) is 5.69. The summed E-state index contributed by atoms with van der Waals surface area (Å²) in [6.07, 6.45) is 0.559. The van der Waals surface area contributed by atoms with E-state index < -0.39 is 12.1 Å². The second-order valence-electron chi connectivity index (χ2n) is 5.68. The topological polar surface area (TPSA) is 75.7 Å². The molecule has 2 rings (SSSR count). The van der Waals surface area contributed by atoms with Crippen molar-refractivity contribution >= 4 is 17.7 Å². The fraction of sp³-hybridized carbons (Fsp3) is 0.438. The number of carbonyl (C=O) groups is 3. The number of nitrogens with one attached hydrogen (secondary N) is 1. The third kappa shape index (κ3) is 3.27. The summed E-state index contributed by atoms with van der Waals surface area (Å²) in [5.74, 6) is 0.0329. The van der Waals surface area contributed by atoms with Crippen LogP contribution in [-0.4, -0.2) is 42.3 Å². The molecule has 0 spiro atoms.